The van der Waals surface area contributed by atoms with Crippen molar-refractivity contribution in [2.45, 2.75) is 8.56 Å². The summed E-state index contributed by atoms with van der Waals surface area (Å²) in [5, 5.41) is 0. The molecule has 0 rings (SSSR count). The van der Waals surface area contributed by atoms with Gasteiger partial charge < -0.3 is 5.73 Å². The third-order valence-corrected chi connectivity index (χ3v) is 1.23. The van der Waals surface area contributed by atoms with Crippen LogP contribution in [0.25, 0.3) is 0 Å². The lowest BCUT2D eigenvalue weighted by Gasteiger charge is -2.04. The molecule has 0 saturated heterocycles. The highest BCUT2D eigenvalue weighted by Crippen LogP contribution is 2.36. The normalized spacial score (nSPS) is 9.88. The largest absolute Gasteiger partial charge is 0.359 e. The molecular formula is C4H4Br3N. The molecule has 2 N–H and O–H groups in total. The fourth-order valence-electron chi connectivity index (χ4n) is 0.151. The molecule has 0 spiro atoms. The Morgan fingerprint density at radius 2 is 1.88 bits per heavy atom. The van der Waals surface area contributed by atoms with Crippen molar-refractivity contribution in [3.8, 4) is 12.0 Å². The molecule has 0 saturated carbocycles. The summed E-state index contributed by atoms with van der Waals surface area (Å²) >= 11 is 9.76. The molecule has 0 amide bonds. The molecule has 0 bridgehead atoms. The molecule has 0 aromatic carbocycles. The highest BCUT2D eigenvalue weighted by Gasteiger charge is 2.14. The summed E-state index contributed by atoms with van der Waals surface area (Å²) in [5.41, 5.74) is 4.91. The summed E-state index contributed by atoms with van der Waals surface area (Å²) in [5.74, 6) is 2.68. The third kappa shape index (κ3) is 6.80. The first-order chi connectivity index (χ1) is 3.56. The van der Waals surface area contributed by atoms with Gasteiger partial charge in [-0.15, -0.1) is 0 Å². The van der Waals surface area contributed by atoms with Crippen LogP contribution in [-0.4, -0.2) is 2.14 Å². The number of hydrogen-bond donors (Lipinski definition) is 1. The number of halogens is 3. The molecular weight excluding hydrogens is 302 g/mol. The molecule has 4 heteroatoms. The van der Waals surface area contributed by atoms with Crippen molar-refractivity contribution in [1.82, 2.24) is 0 Å². The average molecular weight is 306 g/mol. The average Bonchev–Trinajstić information content (AvgIpc) is 1.59. The van der Waals surface area contributed by atoms with Gasteiger partial charge >= 0.3 is 0 Å². The molecule has 0 radical (unpaired) electrons. The van der Waals surface area contributed by atoms with E-state index in [0.29, 0.717) is 6.42 Å². The fourth-order valence-corrected chi connectivity index (χ4v) is 0.572. The molecule has 0 atom stereocenters. The van der Waals surface area contributed by atoms with Gasteiger partial charge in [0.25, 0.3) is 0 Å². The van der Waals surface area contributed by atoms with Gasteiger partial charge in [0.05, 0.1) is 0 Å². The van der Waals surface area contributed by atoms with Crippen LogP contribution in [0.15, 0.2) is 0 Å². The van der Waals surface area contributed by atoms with Crippen molar-refractivity contribution >= 4 is 47.8 Å². The molecule has 8 heavy (non-hydrogen) atoms. The van der Waals surface area contributed by atoms with E-state index in [1.165, 1.54) is 0 Å². The molecule has 0 fully saturated rings. The van der Waals surface area contributed by atoms with E-state index in [1.54, 1.807) is 0 Å². The summed E-state index contributed by atoms with van der Waals surface area (Å²) in [6, 6.07) is 2.28. The van der Waals surface area contributed by atoms with Gasteiger partial charge in [0, 0.05) is 12.5 Å². The highest BCUT2D eigenvalue weighted by atomic mass is 80.0. The van der Waals surface area contributed by atoms with E-state index in [9.17, 15) is 0 Å². The zero-order chi connectivity index (χ0) is 6.62. The lowest BCUT2D eigenvalue weighted by Crippen LogP contribution is -1.96. The molecule has 46 valence electrons. The van der Waals surface area contributed by atoms with Crippen LogP contribution in [0.3, 0.4) is 0 Å². The summed E-state index contributed by atoms with van der Waals surface area (Å²) in [4.78, 5) is 0. The molecule has 1 nitrogen and oxygen atoms in total. The van der Waals surface area contributed by atoms with Crippen LogP contribution >= 0.6 is 47.8 Å². The first-order valence-electron chi connectivity index (χ1n) is 1.81. The molecule has 0 aliphatic carbocycles. The second-order valence-electron chi connectivity index (χ2n) is 1.11. The minimum absolute atomic E-state index is 0.265. The van der Waals surface area contributed by atoms with Gasteiger partial charge in [0.2, 0.25) is 0 Å². The van der Waals surface area contributed by atoms with Crippen molar-refractivity contribution in [1.29, 1.82) is 0 Å². The first-order valence-corrected chi connectivity index (χ1v) is 4.19. The molecule has 0 aromatic rings. The molecule has 0 unspecified atom stereocenters. The van der Waals surface area contributed by atoms with E-state index < -0.39 is 0 Å². The Hall–Kier alpha value is 0.800. The van der Waals surface area contributed by atoms with Crippen molar-refractivity contribution in [3.05, 3.63) is 0 Å². The fraction of sp³-hybridized carbons (Fsp3) is 0.500. The maximum Gasteiger partial charge on any atom is 0.145 e. The summed E-state index contributed by atoms with van der Waals surface area (Å²) in [6.07, 6.45) is 0.628. The SMILES string of the molecule is NC#CCC(Br)(Br)Br. The topological polar surface area (TPSA) is 26.0 Å². The quantitative estimate of drug-likeness (QED) is 0.414. The summed E-state index contributed by atoms with van der Waals surface area (Å²) in [6.45, 7) is 0. The van der Waals surface area contributed by atoms with Crippen LogP contribution in [-0.2, 0) is 0 Å². The smallest absolute Gasteiger partial charge is 0.145 e. The monoisotopic (exact) mass is 303 g/mol. The predicted molar refractivity (Wildman–Crippen MR) is 46.1 cm³/mol. The van der Waals surface area contributed by atoms with Gasteiger partial charge in [-0.2, -0.15) is 0 Å². The second kappa shape index (κ2) is 3.76. The van der Waals surface area contributed by atoms with E-state index in [4.69, 9.17) is 5.73 Å². The number of hydrogen-bond acceptors (Lipinski definition) is 1. The Morgan fingerprint density at radius 3 is 2.00 bits per heavy atom. The lowest BCUT2D eigenvalue weighted by molar-refractivity contribution is 1.21. The third-order valence-electron chi connectivity index (χ3n) is 0.391. The molecule has 0 heterocycles. The Labute approximate surface area is 73.8 Å². The number of nitrogens with two attached hydrogens (primary N) is 1. The Bertz CT molecular complexity index is 115. The first kappa shape index (κ1) is 8.80. The van der Waals surface area contributed by atoms with E-state index in [2.05, 4.69) is 59.8 Å². The van der Waals surface area contributed by atoms with Gasteiger partial charge in [-0.05, 0) is 0 Å². The van der Waals surface area contributed by atoms with E-state index in [-0.39, 0.29) is 2.14 Å². The minimum atomic E-state index is -0.265. The maximum atomic E-state index is 4.91. The van der Waals surface area contributed by atoms with Gasteiger partial charge in [0.15, 0.2) is 0 Å². The predicted octanol–water partition coefficient (Wildman–Crippen LogP) is 2.13. The van der Waals surface area contributed by atoms with Gasteiger partial charge in [-0.3, -0.25) is 0 Å². The van der Waals surface area contributed by atoms with Crippen LogP contribution < -0.4 is 5.73 Å². The van der Waals surface area contributed by atoms with Crippen LogP contribution in [0.2, 0.25) is 0 Å². The standard InChI is InChI=1S/C4H4Br3N/c5-4(6,7)2-1-3-8/h2,8H2. The van der Waals surface area contributed by atoms with Gasteiger partial charge in [0.1, 0.15) is 2.14 Å². The molecule has 0 aromatic heterocycles. The number of alkyl halides is 3. The van der Waals surface area contributed by atoms with E-state index in [0.717, 1.165) is 0 Å². The van der Waals surface area contributed by atoms with E-state index >= 15 is 0 Å². The minimum Gasteiger partial charge on any atom is -0.359 e. The Kier molecular flexibility index (Phi) is 4.13. The molecule has 0 aliphatic rings. The summed E-state index contributed by atoms with van der Waals surface area (Å²) < 4.78 is -0.265. The van der Waals surface area contributed by atoms with Crippen LogP contribution in [0.1, 0.15) is 6.42 Å². The zero-order valence-electron chi connectivity index (χ0n) is 3.92. The number of rotatable bonds is 0. The lowest BCUT2D eigenvalue weighted by atomic mass is 10.5. The van der Waals surface area contributed by atoms with Crippen LogP contribution in [0.5, 0.6) is 0 Å². The van der Waals surface area contributed by atoms with Crippen LogP contribution in [0.4, 0.5) is 0 Å². The van der Waals surface area contributed by atoms with E-state index in [1.807, 2.05) is 0 Å². The summed E-state index contributed by atoms with van der Waals surface area (Å²) in [7, 11) is 0. The van der Waals surface area contributed by atoms with Crippen LogP contribution in [0, 0.1) is 12.0 Å². The van der Waals surface area contributed by atoms with Crippen molar-refractivity contribution in [2.24, 2.45) is 5.73 Å². The van der Waals surface area contributed by atoms with Crippen molar-refractivity contribution in [2.75, 3.05) is 0 Å². The van der Waals surface area contributed by atoms with Gasteiger partial charge in [-0.25, -0.2) is 0 Å². The Balaban J connectivity index is 3.50. The maximum absolute atomic E-state index is 4.91. The highest BCUT2D eigenvalue weighted by molar-refractivity contribution is 9.39. The Morgan fingerprint density at radius 1 is 1.38 bits per heavy atom. The second-order valence-corrected chi connectivity index (χ2v) is 8.37. The zero-order valence-corrected chi connectivity index (χ0v) is 8.68. The van der Waals surface area contributed by atoms with Gasteiger partial charge in [-0.1, -0.05) is 53.7 Å². The van der Waals surface area contributed by atoms with Crippen molar-refractivity contribution < 1.29 is 0 Å². The molecule has 0 aliphatic heterocycles. The van der Waals surface area contributed by atoms with Crippen molar-refractivity contribution in [3.63, 3.8) is 0 Å².